The van der Waals surface area contributed by atoms with Crippen molar-refractivity contribution in [2.45, 2.75) is 6.54 Å². The van der Waals surface area contributed by atoms with Crippen LogP contribution in [0, 0.1) is 0 Å². The van der Waals surface area contributed by atoms with Crippen LogP contribution in [0.4, 0.5) is 0 Å². The summed E-state index contributed by atoms with van der Waals surface area (Å²) in [6.45, 7) is 0.436. The van der Waals surface area contributed by atoms with Gasteiger partial charge in [0, 0.05) is 11.6 Å². The number of hydrogen-bond acceptors (Lipinski definition) is 4. The molecule has 0 atom stereocenters. The smallest absolute Gasteiger partial charge is 0.141 e. The number of rotatable bonds is 2. The molecule has 0 unspecified atom stereocenters. The van der Waals surface area contributed by atoms with E-state index in [-0.39, 0.29) is 0 Å². The van der Waals surface area contributed by atoms with Gasteiger partial charge in [0.25, 0.3) is 0 Å². The Morgan fingerprint density at radius 2 is 2.42 bits per heavy atom. The Morgan fingerprint density at radius 1 is 1.50 bits per heavy atom. The Balaban J connectivity index is 2.35. The average molecular weight is 180 g/mol. The minimum atomic E-state index is 0.436. The van der Waals surface area contributed by atoms with E-state index in [1.54, 1.807) is 23.7 Å². The SMILES string of the molecule is NCc1ncc(-c2nccs2)[nH]1. The maximum atomic E-state index is 5.41. The predicted molar refractivity (Wildman–Crippen MR) is 47.6 cm³/mol. The van der Waals surface area contributed by atoms with Crippen LogP contribution in [0.5, 0.6) is 0 Å². The molecule has 2 rings (SSSR count). The van der Waals surface area contributed by atoms with Crippen molar-refractivity contribution in [3.05, 3.63) is 23.6 Å². The number of aromatic nitrogens is 3. The van der Waals surface area contributed by atoms with Crippen LogP contribution in [0.2, 0.25) is 0 Å². The van der Waals surface area contributed by atoms with E-state index in [1.165, 1.54) is 0 Å². The second kappa shape index (κ2) is 3.04. The van der Waals surface area contributed by atoms with Crippen LogP contribution >= 0.6 is 11.3 Å². The summed E-state index contributed by atoms with van der Waals surface area (Å²) in [5.74, 6) is 0.792. The molecule has 0 aliphatic heterocycles. The van der Waals surface area contributed by atoms with Crippen LogP contribution in [0.1, 0.15) is 5.82 Å². The van der Waals surface area contributed by atoms with E-state index in [1.807, 2.05) is 5.38 Å². The highest BCUT2D eigenvalue weighted by Crippen LogP contribution is 2.18. The summed E-state index contributed by atoms with van der Waals surface area (Å²) in [5, 5.41) is 2.88. The van der Waals surface area contributed by atoms with Crippen LogP contribution in [0.25, 0.3) is 10.7 Å². The molecule has 0 aliphatic carbocycles. The molecule has 2 aromatic rings. The van der Waals surface area contributed by atoms with Gasteiger partial charge in [-0.3, -0.25) is 0 Å². The summed E-state index contributed by atoms with van der Waals surface area (Å²) in [7, 11) is 0. The molecule has 3 N–H and O–H groups in total. The molecule has 4 nitrogen and oxygen atoms in total. The summed E-state index contributed by atoms with van der Waals surface area (Å²) in [6.07, 6.45) is 3.52. The Labute approximate surface area is 73.5 Å². The zero-order chi connectivity index (χ0) is 8.39. The van der Waals surface area contributed by atoms with Crippen LogP contribution in [-0.2, 0) is 6.54 Å². The summed E-state index contributed by atoms with van der Waals surface area (Å²) in [6, 6.07) is 0. The maximum Gasteiger partial charge on any atom is 0.141 e. The normalized spacial score (nSPS) is 10.4. The summed E-state index contributed by atoms with van der Waals surface area (Å²) in [5.41, 5.74) is 6.34. The van der Waals surface area contributed by atoms with E-state index in [0.717, 1.165) is 16.5 Å². The molecule has 62 valence electrons. The predicted octanol–water partition coefficient (Wildman–Crippen LogP) is 0.992. The number of hydrogen-bond donors (Lipinski definition) is 2. The molecule has 0 radical (unpaired) electrons. The van der Waals surface area contributed by atoms with Gasteiger partial charge in [-0.25, -0.2) is 9.97 Å². The molecular weight excluding hydrogens is 172 g/mol. The van der Waals surface area contributed by atoms with Gasteiger partial charge in [-0.1, -0.05) is 0 Å². The molecular formula is C7H8N4S. The first-order chi connectivity index (χ1) is 5.90. The molecule has 2 aromatic heterocycles. The lowest BCUT2D eigenvalue weighted by molar-refractivity contribution is 0.950. The third kappa shape index (κ3) is 1.24. The highest BCUT2D eigenvalue weighted by atomic mass is 32.1. The van der Waals surface area contributed by atoms with Gasteiger partial charge in [-0.2, -0.15) is 0 Å². The number of aromatic amines is 1. The van der Waals surface area contributed by atoms with Gasteiger partial charge in [-0.15, -0.1) is 11.3 Å². The van der Waals surface area contributed by atoms with E-state index in [4.69, 9.17) is 5.73 Å². The Kier molecular flexibility index (Phi) is 1.89. The first kappa shape index (κ1) is 7.45. The fourth-order valence-corrected chi connectivity index (χ4v) is 1.53. The molecule has 2 heterocycles. The van der Waals surface area contributed by atoms with Crippen LogP contribution in [0.15, 0.2) is 17.8 Å². The molecule has 0 bridgehead atoms. The average Bonchev–Trinajstić information content (AvgIpc) is 2.75. The lowest BCUT2D eigenvalue weighted by atomic mass is 10.5. The zero-order valence-electron chi connectivity index (χ0n) is 6.32. The first-order valence-electron chi connectivity index (χ1n) is 3.54. The molecule has 0 aromatic carbocycles. The fraction of sp³-hybridized carbons (Fsp3) is 0.143. The quantitative estimate of drug-likeness (QED) is 0.724. The third-order valence-corrected chi connectivity index (χ3v) is 2.29. The van der Waals surface area contributed by atoms with Gasteiger partial charge in [-0.05, 0) is 0 Å². The molecule has 12 heavy (non-hydrogen) atoms. The lowest BCUT2D eigenvalue weighted by Crippen LogP contribution is -1.97. The standard InChI is InChI=1S/C7H8N4S/c8-3-6-10-4-5(11-6)7-9-1-2-12-7/h1-2,4H,3,8H2,(H,10,11). The third-order valence-electron chi connectivity index (χ3n) is 1.48. The van der Waals surface area contributed by atoms with Crippen molar-refractivity contribution in [2.75, 3.05) is 0 Å². The number of imidazole rings is 1. The van der Waals surface area contributed by atoms with E-state index < -0.39 is 0 Å². The number of thiazole rings is 1. The van der Waals surface area contributed by atoms with E-state index in [2.05, 4.69) is 15.0 Å². The minimum Gasteiger partial charge on any atom is -0.339 e. The van der Waals surface area contributed by atoms with Crippen molar-refractivity contribution in [1.82, 2.24) is 15.0 Å². The van der Waals surface area contributed by atoms with E-state index in [9.17, 15) is 0 Å². The van der Waals surface area contributed by atoms with Crippen molar-refractivity contribution in [1.29, 1.82) is 0 Å². The summed E-state index contributed by atoms with van der Waals surface area (Å²) in [4.78, 5) is 11.3. The lowest BCUT2D eigenvalue weighted by Gasteiger charge is -1.87. The molecule has 5 heteroatoms. The number of nitrogens with two attached hydrogens (primary N) is 1. The number of H-pyrrole nitrogens is 1. The van der Waals surface area contributed by atoms with Gasteiger partial charge in [0.15, 0.2) is 0 Å². The molecule has 0 amide bonds. The Bertz CT molecular complexity index is 351. The minimum absolute atomic E-state index is 0.436. The molecule has 0 saturated heterocycles. The Morgan fingerprint density at radius 3 is 3.00 bits per heavy atom. The van der Waals surface area contributed by atoms with Crippen molar-refractivity contribution >= 4 is 11.3 Å². The van der Waals surface area contributed by atoms with Crippen molar-refractivity contribution in [2.24, 2.45) is 5.73 Å². The van der Waals surface area contributed by atoms with Crippen molar-refractivity contribution in [3.8, 4) is 10.7 Å². The maximum absolute atomic E-state index is 5.41. The largest absolute Gasteiger partial charge is 0.339 e. The van der Waals surface area contributed by atoms with Crippen molar-refractivity contribution in [3.63, 3.8) is 0 Å². The van der Waals surface area contributed by atoms with Crippen LogP contribution in [0.3, 0.4) is 0 Å². The zero-order valence-corrected chi connectivity index (χ0v) is 7.14. The Hall–Kier alpha value is -1.20. The summed E-state index contributed by atoms with van der Waals surface area (Å²) < 4.78 is 0. The molecule has 0 spiro atoms. The highest BCUT2D eigenvalue weighted by molar-refractivity contribution is 7.13. The summed E-state index contributed by atoms with van der Waals surface area (Å²) >= 11 is 1.58. The second-order valence-corrected chi connectivity index (χ2v) is 3.18. The van der Waals surface area contributed by atoms with Gasteiger partial charge in [0.05, 0.1) is 18.4 Å². The van der Waals surface area contributed by atoms with Gasteiger partial charge < -0.3 is 10.7 Å². The topological polar surface area (TPSA) is 67.6 Å². The monoisotopic (exact) mass is 180 g/mol. The molecule has 0 fully saturated rings. The second-order valence-electron chi connectivity index (χ2n) is 2.28. The van der Waals surface area contributed by atoms with Gasteiger partial charge in [0.2, 0.25) is 0 Å². The first-order valence-corrected chi connectivity index (χ1v) is 4.42. The molecule has 0 saturated carbocycles. The number of nitrogens with zero attached hydrogens (tertiary/aromatic N) is 2. The van der Waals surface area contributed by atoms with E-state index >= 15 is 0 Å². The van der Waals surface area contributed by atoms with E-state index in [0.29, 0.717) is 6.54 Å². The molecule has 0 aliphatic rings. The van der Waals surface area contributed by atoms with Crippen LogP contribution in [-0.4, -0.2) is 15.0 Å². The number of nitrogens with one attached hydrogen (secondary N) is 1. The van der Waals surface area contributed by atoms with Gasteiger partial charge in [0.1, 0.15) is 10.8 Å². The van der Waals surface area contributed by atoms with Crippen LogP contribution < -0.4 is 5.73 Å². The van der Waals surface area contributed by atoms with Crippen molar-refractivity contribution < 1.29 is 0 Å². The fourth-order valence-electron chi connectivity index (χ4n) is 0.931. The highest BCUT2D eigenvalue weighted by Gasteiger charge is 2.02. The van der Waals surface area contributed by atoms with Gasteiger partial charge >= 0.3 is 0 Å².